The van der Waals surface area contributed by atoms with Gasteiger partial charge in [-0.3, -0.25) is 4.79 Å². The van der Waals surface area contributed by atoms with Crippen LogP contribution in [-0.2, 0) is 11.3 Å². The second-order valence-corrected chi connectivity index (χ2v) is 8.36. The number of hydrogen-bond donors (Lipinski definition) is 0. The monoisotopic (exact) mass is 453 g/mol. The minimum atomic E-state index is -0.107. The molecular formula is C24H27N3O4S. The molecule has 1 aliphatic rings. The van der Waals surface area contributed by atoms with Crippen molar-refractivity contribution in [2.24, 2.45) is 0 Å². The van der Waals surface area contributed by atoms with E-state index in [4.69, 9.17) is 14.2 Å². The van der Waals surface area contributed by atoms with Crippen molar-refractivity contribution in [3.05, 3.63) is 59.1 Å². The van der Waals surface area contributed by atoms with E-state index >= 15 is 0 Å². The molecule has 0 unspecified atom stereocenters. The van der Waals surface area contributed by atoms with Gasteiger partial charge < -0.3 is 24.0 Å². The number of rotatable bonds is 7. The molecule has 0 radical (unpaired) electrons. The lowest BCUT2D eigenvalue weighted by Gasteiger charge is -2.31. The van der Waals surface area contributed by atoms with Crippen LogP contribution in [0.15, 0.2) is 47.8 Å². The number of amides is 1. The highest BCUT2D eigenvalue weighted by molar-refractivity contribution is 7.13. The van der Waals surface area contributed by atoms with Crippen LogP contribution in [0.1, 0.15) is 16.1 Å². The first-order chi connectivity index (χ1) is 15.6. The molecule has 32 heavy (non-hydrogen) atoms. The van der Waals surface area contributed by atoms with Crippen molar-refractivity contribution in [3.8, 4) is 22.1 Å². The van der Waals surface area contributed by atoms with E-state index in [0.717, 1.165) is 48.1 Å². The molecule has 2 aromatic carbocycles. The zero-order valence-corrected chi connectivity index (χ0v) is 19.4. The van der Waals surface area contributed by atoms with Gasteiger partial charge in [0, 0.05) is 43.3 Å². The predicted octanol–water partition coefficient (Wildman–Crippen LogP) is 3.94. The van der Waals surface area contributed by atoms with Gasteiger partial charge in [0.1, 0.15) is 10.7 Å². The summed E-state index contributed by atoms with van der Waals surface area (Å²) in [4.78, 5) is 21.7. The molecule has 7 nitrogen and oxygen atoms in total. The zero-order valence-electron chi connectivity index (χ0n) is 18.5. The SMILES string of the molecule is COc1ccc(-c2nc(C(=O)N(C)Cc3ccccc3N3CCOCC3)cs2)cc1OC. The minimum Gasteiger partial charge on any atom is -0.493 e. The van der Waals surface area contributed by atoms with E-state index in [1.165, 1.54) is 11.3 Å². The number of hydrogen-bond acceptors (Lipinski definition) is 7. The number of aromatic nitrogens is 1. The highest BCUT2D eigenvalue weighted by atomic mass is 32.1. The molecule has 0 atom stereocenters. The summed E-state index contributed by atoms with van der Waals surface area (Å²) < 4.78 is 16.2. The molecular weight excluding hydrogens is 426 g/mol. The lowest BCUT2D eigenvalue weighted by atomic mass is 10.1. The van der Waals surface area contributed by atoms with E-state index in [9.17, 15) is 4.79 Å². The molecule has 2 heterocycles. The van der Waals surface area contributed by atoms with Crippen LogP contribution < -0.4 is 14.4 Å². The Morgan fingerprint density at radius 1 is 1.12 bits per heavy atom. The first-order valence-electron chi connectivity index (χ1n) is 10.4. The van der Waals surface area contributed by atoms with Crippen LogP contribution in [0.25, 0.3) is 10.6 Å². The summed E-state index contributed by atoms with van der Waals surface area (Å²) in [5.74, 6) is 1.18. The fourth-order valence-electron chi connectivity index (χ4n) is 3.75. The van der Waals surface area contributed by atoms with Crippen LogP contribution in [0.3, 0.4) is 0 Å². The third-order valence-corrected chi connectivity index (χ3v) is 6.34. The average molecular weight is 454 g/mol. The normalized spacial score (nSPS) is 13.7. The molecule has 168 valence electrons. The molecule has 0 N–H and O–H groups in total. The van der Waals surface area contributed by atoms with Gasteiger partial charge in [0.05, 0.1) is 27.4 Å². The maximum absolute atomic E-state index is 13.1. The van der Waals surface area contributed by atoms with Crippen molar-refractivity contribution >= 4 is 22.9 Å². The number of benzene rings is 2. The van der Waals surface area contributed by atoms with E-state index in [1.807, 2.05) is 37.4 Å². The highest BCUT2D eigenvalue weighted by Gasteiger charge is 2.20. The average Bonchev–Trinajstić information content (AvgIpc) is 3.34. The maximum Gasteiger partial charge on any atom is 0.273 e. The van der Waals surface area contributed by atoms with Crippen LogP contribution in [0, 0.1) is 0 Å². The third kappa shape index (κ3) is 4.71. The molecule has 0 saturated carbocycles. The molecule has 1 fully saturated rings. The van der Waals surface area contributed by atoms with E-state index in [2.05, 4.69) is 22.0 Å². The number of morpholine rings is 1. The lowest BCUT2D eigenvalue weighted by molar-refractivity contribution is 0.0780. The maximum atomic E-state index is 13.1. The van der Waals surface area contributed by atoms with Gasteiger partial charge in [-0.1, -0.05) is 18.2 Å². The standard InChI is InChI=1S/C24H27N3O4S/c1-26(15-18-6-4-5-7-20(18)27-10-12-31-13-11-27)24(28)19-16-32-23(25-19)17-8-9-21(29-2)22(14-17)30-3/h4-9,14,16H,10-13,15H2,1-3H3. The van der Waals surface area contributed by atoms with Crippen LogP contribution in [0.5, 0.6) is 11.5 Å². The Morgan fingerprint density at radius 3 is 2.62 bits per heavy atom. The first kappa shape index (κ1) is 22.1. The summed E-state index contributed by atoms with van der Waals surface area (Å²) in [6, 6.07) is 13.8. The molecule has 8 heteroatoms. The van der Waals surface area contributed by atoms with Gasteiger partial charge in [-0.25, -0.2) is 4.98 Å². The van der Waals surface area contributed by atoms with Crippen LogP contribution in [0.4, 0.5) is 5.69 Å². The van der Waals surface area contributed by atoms with Crippen molar-refractivity contribution in [1.29, 1.82) is 0 Å². The summed E-state index contributed by atoms with van der Waals surface area (Å²) in [6.07, 6.45) is 0. The molecule has 1 saturated heterocycles. The van der Waals surface area contributed by atoms with Gasteiger partial charge in [0.25, 0.3) is 5.91 Å². The van der Waals surface area contributed by atoms with Crippen LogP contribution in [0.2, 0.25) is 0 Å². The zero-order chi connectivity index (χ0) is 22.5. The van der Waals surface area contributed by atoms with Gasteiger partial charge >= 0.3 is 0 Å². The van der Waals surface area contributed by atoms with Gasteiger partial charge in [0.2, 0.25) is 0 Å². The van der Waals surface area contributed by atoms with Crippen molar-refractivity contribution in [3.63, 3.8) is 0 Å². The number of carbonyl (C=O) groups excluding carboxylic acids is 1. The van der Waals surface area contributed by atoms with Crippen LogP contribution in [-0.4, -0.2) is 63.4 Å². The van der Waals surface area contributed by atoms with Gasteiger partial charge in [0.15, 0.2) is 11.5 Å². The van der Waals surface area contributed by atoms with E-state index < -0.39 is 0 Å². The largest absolute Gasteiger partial charge is 0.493 e. The minimum absolute atomic E-state index is 0.107. The molecule has 1 aliphatic heterocycles. The lowest BCUT2D eigenvalue weighted by Crippen LogP contribution is -2.37. The summed E-state index contributed by atoms with van der Waals surface area (Å²) >= 11 is 1.44. The second-order valence-electron chi connectivity index (χ2n) is 7.50. The Labute approximate surface area is 192 Å². The molecule has 0 bridgehead atoms. The van der Waals surface area contributed by atoms with Crippen LogP contribution >= 0.6 is 11.3 Å². The van der Waals surface area contributed by atoms with E-state index in [-0.39, 0.29) is 5.91 Å². The number of carbonyl (C=O) groups is 1. The number of nitrogens with zero attached hydrogens (tertiary/aromatic N) is 3. The van der Waals surface area contributed by atoms with Gasteiger partial charge in [-0.05, 0) is 29.8 Å². The number of methoxy groups -OCH3 is 2. The topological polar surface area (TPSA) is 64.1 Å². The Kier molecular flexibility index (Phi) is 6.92. The molecule has 1 aromatic heterocycles. The van der Waals surface area contributed by atoms with Gasteiger partial charge in [-0.2, -0.15) is 0 Å². The summed E-state index contributed by atoms with van der Waals surface area (Å²) in [6.45, 7) is 3.67. The van der Waals surface area contributed by atoms with Crippen molar-refractivity contribution < 1.29 is 19.0 Å². The number of ether oxygens (including phenoxy) is 3. The number of anilines is 1. The first-order valence-corrected chi connectivity index (χ1v) is 11.3. The molecule has 1 amide bonds. The summed E-state index contributed by atoms with van der Waals surface area (Å²) in [5.41, 5.74) is 3.58. The highest BCUT2D eigenvalue weighted by Crippen LogP contribution is 2.33. The van der Waals surface area contributed by atoms with E-state index in [0.29, 0.717) is 23.7 Å². The smallest absolute Gasteiger partial charge is 0.273 e. The van der Waals surface area contributed by atoms with Crippen molar-refractivity contribution in [2.75, 3.05) is 52.5 Å². The summed E-state index contributed by atoms with van der Waals surface area (Å²) in [7, 11) is 5.01. The van der Waals surface area contributed by atoms with E-state index in [1.54, 1.807) is 24.5 Å². The fourth-order valence-corrected chi connectivity index (χ4v) is 4.54. The number of para-hydroxylation sites is 1. The second kappa shape index (κ2) is 10.0. The summed E-state index contributed by atoms with van der Waals surface area (Å²) in [5, 5.41) is 2.56. The van der Waals surface area contributed by atoms with Gasteiger partial charge in [-0.15, -0.1) is 11.3 Å². The predicted molar refractivity (Wildman–Crippen MR) is 126 cm³/mol. The van der Waals surface area contributed by atoms with Crippen molar-refractivity contribution in [1.82, 2.24) is 9.88 Å². The Bertz CT molecular complexity index is 1080. The Balaban J connectivity index is 1.50. The molecule has 4 rings (SSSR count). The third-order valence-electron chi connectivity index (χ3n) is 5.45. The molecule has 3 aromatic rings. The Morgan fingerprint density at radius 2 is 1.88 bits per heavy atom. The Hall–Kier alpha value is -3.10. The molecule has 0 aliphatic carbocycles. The van der Waals surface area contributed by atoms with Crippen molar-refractivity contribution in [2.45, 2.75) is 6.54 Å². The quantitative estimate of drug-likeness (QED) is 0.540. The number of thiazole rings is 1. The molecule has 0 spiro atoms. The fraction of sp³-hybridized carbons (Fsp3) is 0.333.